The number of aromatic nitrogens is 3. The van der Waals surface area contributed by atoms with Crippen LogP contribution in [0.25, 0.3) is 16.8 Å². The quantitative estimate of drug-likeness (QED) is 0.538. The molecule has 4 heterocycles. The third kappa shape index (κ3) is 3.58. The number of nitriles is 1. The van der Waals surface area contributed by atoms with E-state index in [2.05, 4.69) is 50.6 Å². The molecule has 5 rings (SSSR count). The van der Waals surface area contributed by atoms with Gasteiger partial charge in [-0.25, -0.2) is 4.52 Å². The van der Waals surface area contributed by atoms with E-state index in [9.17, 15) is 10.4 Å². The van der Waals surface area contributed by atoms with Gasteiger partial charge in [-0.3, -0.25) is 4.98 Å². The number of nitrogens with one attached hydrogen (secondary N) is 1. The molecule has 1 saturated heterocycles. The smallest absolute Gasteiger partial charge is 0.133 e. The molecule has 154 valence electrons. The van der Waals surface area contributed by atoms with E-state index in [1.807, 2.05) is 12.1 Å². The third-order valence-corrected chi connectivity index (χ3v) is 5.75. The highest BCUT2D eigenvalue weighted by molar-refractivity contribution is 5.84. The molecular weight excluding hydrogens is 388 g/mol. The van der Waals surface area contributed by atoms with Crippen LogP contribution in [0.4, 0.5) is 5.69 Å². The molecule has 0 spiro atoms. The zero-order valence-corrected chi connectivity index (χ0v) is 16.9. The van der Waals surface area contributed by atoms with Gasteiger partial charge in [-0.15, -0.1) is 0 Å². The summed E-state index contributed by atoms with van der Waals surface area (Å²) in [5.41, 5.74) is 4.84. The maximum absolute atomic E-state index is 9.87. The highest BCUT2D eigenvalue weighted by Crippen LogP contribution is 2.35. The van der Waals surface area contributed by atoms with Gasteiger partial charge in [0, 0.05) is 49.3 Å². The van der Waals surface area contributed by atoms with E-state index >= 15 is 0 Å². The fraction of sp³-hybridized carbons (Fsp3) is 0.208. The highest BCUT2D eigenvalue weighted by atomic mass is 16.3. The molecule has 0 saturated carbocycles. The van der Waals surface area contributed by atoms with E-state index in [1.54, 1.807) is 29.0 Å². The van der Waals surface area contributed by atoms with Crippen molar-refractivity contribution in [3.8, 4) is 23.1 Å². The second kappa shape index (κ2) is 8.09. The molecule has 1 unspecified atom stereocenters. The standard InChI is InChI=1S/C24H22N6O/c25-13-20-23-7-6-19(31)16-30(23)28-24(20)21-15-26-9-8-22(21)29-11-10-27-14-18(29)12-17-4-2-1-3-5-17/h1-9,15-16,18,27,31H,10-12,14H2. The number of benzene rings is 1. The summed E-state index contributed by atoms with van der Waals surface area (Å²) in [6, 6.07) is 18.3. The average molecular weight is 410 g/mol. The van der Waals surface area contributed by atoms with Gasteiger partial charge in [0.1, 0.15) is 23.1 Å². The number of anilines is 1. The van der Waals surface area contributed by atoms with Gasteiger partial charge in [0.2, 0.25) is 0 Å². The predicted octanol–water partition coefficient (Wildman–Crippen LogP) is 2.99. The van der Waals surface area contributed by atoms with Crippen LogP contribution in [0.5, 0.6) is 5.75 Å². The van der Waals surface area contributed by atoms with E-state index in [1.165, 1.54) is 11.8 Å². The molecule has 4 aromatic rings. The molecule has 0 radical (unpaired) electrons. The summed E-state index contributed by atoms with van der Waals surface area (Å²) in [4.78, 5) is 6.73. The molecule has 1 aliphatic heterocycles. The van der Waals surface area contributed by atoms with Crippen LogP contribution in [0.1, 0.15) is 11.1 Å². The lowest BCUT2D eigenvalue weighted by molar-refractivity contribution is 0.470. The SMILES string of the molecule is N#Cc1c(-c2cnccc2N2CCNCC2Cc2ccccc2)nn2cc(O)ccc12. The first kappa shape index (κ1) is 19.1. The largest absolute Gasteiger partial charge is 0.506 e. The Morgan fingerprint density at radius 3 is 2.87 bits per heavy atom. The van der Waals surface area contributed by atoms with Crippen molar-refractivity contribution in [2.75, 3.05) is 24.5 Å². The summed E-state index contributed by atoms with van der Waals surface area (Å²) in [7, 11) is 0. The van der Waals surface area contributed by atoms with Gasteiger partial charge in [0.15, 0.2) is 0 Å². The second-order valence-electron chi connectivity index (χ2n) is 7.69. The van der Waals surface area contributed by atoms with Gasteiger partial charge in [0.05, 0.1) is 11.7 Å². The van der Waals surface area contributed by atoms with E-state index in [0.717, 1.165) is 37.3 Å². The van der Waals surface area contributed by atoms with Crippen molar-refractivity contribution in [1.82, 2.24) is 19.9 Å². The molecule has 3 aromatic heterocycles. The number of pyridine rings is 2. The molecule has 7 nitrogen and oxygen atoms in total. The van der Waals surface area contributed by atoms with Crippen LogP contribution >= 0.6 is 0 Å². The van der Waals surface area contributed by atoms with Crippen molar-refractivity contribution >= 4 is 11.2 Å². The lowest BCUT2D eigenvalue weighted by Gasteiger charge is -2.39. The molecule has 31 heavy (non-hydrogen) atoms. The Labute approximate surface area is 180 Å². The molecule has 7 heteroatoms. The van der Waals surface area contributed by atoms with Crippen LogP contribution in [0, 0.1) is 11.3 Å². The van der Waals surface area contributed by atoms with Crippen molar-refractivity contribution in [1.29, 1.82) is 5.26 Å². The van der Waals surface area contributed by atoms with Gasteiger partial charge in [-0.2, -0.15) is 10.4 Å². The van der Waals surface area contributed by atoms with Crippen molar-refractivity contribution < 1.29 is 5.11 Å². The minimum Gasteiger partial charge on any atom is -0.506 e. The first-order valence-corrected chi connectivity index (χ1v) is 10.3. The van der Waals surface area contributed by atoms with Gasteiger partial charge >= 0.3 is 0 Å². The molecule has 0 aliphatic carbocycles. The average Bonchev–Trinajstić information content (AvgIpc) is 3.17. The van der Waals surface area contributed by atoms with Crippen molar-refractivity contribution in [2.45, 2.75) is 12.5 Å². The monoisotopic (exact) mass is 410 g/mol. The Morgan fingerprint density at radius 2 is 2.03 bits per heavy atom. The maximum atomic E-state index is 9.87. The molecule has 2 N–H and O–H groups in total. The van der Waals surface area contributed by atoms with Crippen molar-refractivity contribution in [3.05, 3.63) is 78.2 Å². The summed E-state index contributed by atoms with van der Waals surface area (Å²) in [6.45, 7) is 2.61. The van der Waals surface area contributed by atoms with Crippen LogP contribution < -0.4 is 10.2 Å². The number of piperazine rings is 1. The zero-order valence-electron chi connectivity index (χ0n) is 16.9. The lowest BCUT2D eigenvalue weighted by Crippen LogP contribution is -2.52. The van der Waals surface area contributed by atoms with Crippen molar-refractivity contribution in [2.24, 2.45) is 0 Å². The molecule has 1 atom stereocenters. The lowest BCUT2D eigenvalue weighted by atomic mass is 10.00. The summed E-state index contributed by atoms with van der Waals surface area (Å²) in [6.07, 6.45) is 5.99. The topological polar surface area (TPSA) is 89.5 Å². The van der Waals surface area contributed by atoms with Crippen LogP contribution in [0.2, 0.25) is 0 Å². The van der Waals surface area contributed by atoms with E-state index in [0.29, 0.717) is 16.8 Å². The molecule has 0 bridgehead atoms. The van der Waals surface area contributed by atoms with Gasteiger partial charge in [-0.1, -0.05) is 30.3 Å². The predicted molar refractivity (Wildman–Crippen MR) is 119 cm³/mol. The van der Waals surface area contributed by atoms with Gasteiger partial charge in [0.25, 0.3) is 0 Å². The highest BCUT2D eigenvalue weighted by Gasteiger charge is 2.27. The first-order valence-electron chi connectivity index (χ1n) is 10.3. The first-order chi connectivity index (χ1) is 15.2. The summed E-state index contributed by atoms with van der Waals surface area (Å²) in [5.74, 6) is 0.0995. The van der Waals surface area contributed by atoms with Gasteiger partial charge in [-0.05, 0) is 30.2 Å². The fourth-order valence-corrected chi connectivity index (χ4v) is 4.30. The Balaban J connectivity index is 1.59. The maximum Gasteiger partial charge on any atom is 0.133 e. The Bertz CT molecular complexity index is 1260. The third-order valence-electron chi connectivity index (χ3n) is 5.75. The van der Waals surface area contributed by atoms with Crippen LogP contribution in [-0.2, 0) is 6.42 Å². The van der Waals surface area contributed by atoms with Crippen LogP contribution in [0.3, 0.4) is 0 Å². The minimum atomic E-state index is 0.0995. The fourth-order valence-electron chi connectivity index (χ4n) is 4.30. The van der Waals surface area contributed by atoms with Crippen LogP contribution in [0.15, 0.2) is 67.1 Å². The Kier molecular flexibility index (Phi) is 4.98. The molecule has 1 aromatic carbocycles. The Morgan fingerprint density at radius 1 is 1.16 bits per heavy atom. The Hall–Kier alpha value is -3.89. The molecule has 1 fully saturated rings. The number of hydrogen-bond donors (Lipinski definition) is 2. The number of fused-ring (bicyclic) bond motifs is 1. The normalized spacial score (nSPS) is 16.4. The summed E-state index contributed by atoms with van der Waals surface area (Å²) in [5, 5.41) is 27.8. The zero-order chi connectivity index (χ0) is 21.2. The molecule has 0 amide bonds. The minimum absolute atomic E-state index is 0.0995. The summed E-state index contributed by atoms with van der Waals surface area (Å²) >= 11 is 0. The van der Waals surface area contributed by atoms with Crippen LogP contribution in [-0.4, -0.2) is 45.4 Å². The van der Waals surface area contributed by atoms with E-state index < -0.39 is 0 Å². The second-order valence-corrected chi connectivity index (χ2v) is 7.69. The number of nitrogens with zero attached hydrogens (tertiary/aromatic N) is 5. The van der Waals surface area contributed by atoms with E-state index in [-0.39, 0.29) is 11.8 Å². The van der Waals surface area contributed by atoms with E-state index in [4.69, 9.17) is 0 Å². The number of hydrogen-bond acceptors (Lipinski definition) is 6. The molecular formula is C24H22N6O. The van der Waals surface area contributed by atoms with Crippen molar-refractivity contribution in [3.63, 3.8) is 0 Å². The number of rotatable bonds is 4. The number of aromatic hydroxyl groups is 1. The molecule has 1 aliphatic rings. The summed E-state index contributed by atoms with van der Waals surface area (Å²) < 4.78 is 1.55. The van der Waals surface area contributed by atoms with Gasteiger partial charge < -0.3 is 15.3 Å².